The summed E-state index contributed by atoms with van der Waals surface area (Å²) in [6, 6.07) is -0.899. The van der Waals surface area contributed by atoms with Crippen molar-refractivity contribution in [2.24, 2.45) is 4.99 Å². The van der Waals surface area contributed by atoms with Gasteiger partial charge in [-0.15, -0.1) is 0 Å². The van der Waals surface area contributed by atoms with Crippen LogP contribution in [0.3, 0.4) is 0 Å². The number of esters is 2. The number of aliphatic hydroxyl groups excluding tert-OH is 1. The van der Waals surface area contributed by atoms with E-state index in [0.29, 0.717) is 37.2 Å². The van der Waals surface area contributed by atoms with Crippen LogP contribution in [0, 0.1) is 0 Å². The van der Waals surface area contributed by atoms with E-state index in [2.05, 4.69) is 43.3 Å². The molecule has 0 bridgehead atoms. The van der Waals surface area contributed by atoms with Crippen molar-refractivity contribution in [2.45, 2.75) is 431 Å². The Bertz CT molecular complexity index is 2070. The number of aliphatic imine (C=N–C) groups is 1. The highest BCUT2D eigenvalue weighted by Crippen LogP contribution is 2.44. The summed E-state index contributed by atoms with van der Waals surface area (Å²) < 4.78 is 57.7. The molecule has 0 aromatic heterocycles. The van der Waals surface area contributed by atoms with Crippen molar-refractivity contribution in [3.63, 3.8) is 0 Å². The first-order valence-corrected chi connectivity index (χ1v) is 48.3. The molecule has 0 radical (unpaired) electrons. The van der Waals surface area contributed by atoms with E-state index in [1.54, 1.807) is 0 Å². The quantitative estimate of drug-likeness (QED) is 0.00945. The number of nitrogens with zero attached hydrogens (tertiary/aromatic N) is 1. The van der Waals surface area contributed by atoms with Crippen LogP contribution in [0.15, 0.2) is 4.99 Å². The van der Waals surface area contributed by atoms with Gasteiger partial charge in [-0.2, -0.15) is 0 Å². The van der Waals surface area contributed by atoms with Gasteiger partial charge in [0.05, 0.1) is 45.1 Å². The van der Waals surface area contributed by atoms with Gasteiger partial charge in [0.1, 0.15) is 6.61 Å². The summed E-state index contributed by atoms with van der Waals surface area (Å²) in [6.07, 6.45) is 63.7. The normalized spacial score (nSPS) is 13.9. The molecule has 5 atom stereocenters. The number of nitrogens with one attached hydrogen (secondary N) is 2. The first-order valence-electron chi connectivity index (χ1n) is 42.9. The molecule has 0 aliphatic heterocycles. The Morgan fingerprint density at radius 1 is 0.394 bits per heavy atom. The molecule has 0 spiro atoms. The van der Waals surface area contributed by atoms with Crippen LogP contribution < -0.4 is 15.7 Å². The number of unbranched alkanes of at least 4 members (excludes halogenated alkanes) is 50. The first kappa shape index (κ1) is 102. The van der Waals surface area contributed by atoms with Gasteiger partial charge in [0, 0.05) is 43.7 Å². The third-order valence-corrected chi connectivity index (χ3v) is 23.5. The third kappa shape index (κ3) is 75.6. The fraction of sp³-hybridized carbons (Fsp3) is 0.938. The maximum atomic E-state index is 13.1. The summed E-state index contributed by atoms with van der Waals surface area (Å²) in [5.41, 5.74) is 0. The van der Waals surface area contributed by atoms with Crippen LogP contribution >= 0.6 is 37.2 Å². The second kappa shape index (κ2) is 77.9. The molecule has 0 saturated heterocycles. The van der Waals surface area contributed by atoms with Crippen molar-refractivity contribution in [1.29, 1.82) is 0 Å². The maximum Gasteiger partial charge on any atom is 0.472 e. The maximum absolute atomic E-state index is 13.1. The smallest absolute Gasteiger partial charge is 0.472 e. The van der Waals surface area contributed by atoms with Crippen LogP contribution in [0.5, 0.6) is 0 Å². The Hall–Kier alpha value is -1.77. The summed E-state index contributed by atoms with van der Waals surface area (Å²) in [5, 5.41) is 29.3. The summed E-state index contributed by atoms with van der Waals surface area (Å²) in [5.74, 6) is -1.13. The minimum atomic E-state index is -4.69. The number of hydrogen-bond donors (Lipinski definition) is 5. The lowest BCUT2D eigenvalue weighted by Gasteiger charge is -2.25. The van der Waals surface area contributed by atoms with Gasteiger partial charge < -0.3 is 45.1 Å². The van der Waals surface area contributed by atoms with E-state index in [9.17, 15) is 48.3 Å². The van der Waals surface area contributed by atoms with Crippen LogP contribution in [-0.2, 0) is 55.9 Å². The Balaban J connectivity index is 4.87. The zero-order valence-corrected chi connectivity index (χ0v) is 70.3. The average molecular weight is 1560 g/mol. The molecule has 0 aromatic carbocycles. The first-order chi connectivity index (χ1) is 50.6. The van der Waals surface area contributed by atoms with Gasteiger partial charge in [-0.25, -0.2) is 9.13 Å². The highest BCUT2D eigenvalue weighted by atomic mass is 33.1. The minimum Gasteiger partial charge on any atom is -0.862 e. The van der Waals surface area contributed by atoms with Crippen molar-refractivity contribution in [1.82, 2.24) is 10.6 Å². The topological polar surface area (TPSA) is 278 Å². The predicted molar refractivity (Wildman–Crippen MR) is 432 cm³/mol. The molecule has 2 amide bonds. The van der Waals surface area contributed by atoms with E-state index in [4.69, 9.17) is 27.6 Å². The second-order valence-corrected chi connectivity index (χ2v) is 34.8. The van der Waals surface area contributed by atoms with E-state index >= 15 is 0 Å². The molecule has 0 rings (SSSR count). The zero-order chi connectivity index (χ0) is 76.2. The number of rotatable bonds is 84. The number of phosphoric ester groups is 2. The van der Waals surface area contributed by atoms with Gasteiger partial charge in [0.25, 0.3) is 0 Å². The Labute approximate surface area is 643 Å². The highest BCUT2D eigenvalue weighted by molar-refractivity contribution is 8.76. The monoisotopic (exact) mass is 1560 g/mol. The molecular weight excluding hydrogens is 1400 g/mol. The molecule has 5 N–H and O–H groups in total. The lowest BCUT2D eigenvalue weighted by molar-refractivity contribution is -0.218. The van der Waals surface area contributed by atoms with Crippen LogP contribution in [0.4, 0.5) is 0 Å². The van der Waals surface area contributed by atoms with Crippen molar-refractivity contribution < 1.29 is 75.9 Å². The SMILES string of the molecule is CCCCCCCCCCCCCCCCCC(=O)OCC(COP(=O)(O)OCCN=C([O-])CCSSCCC(=O)NCCOP(=O)(O)OC[C@H](NC(=O)CCCCCCCCCCCCC)[C@H](O)CCCCCCCCCCCCCCC)OC(=O)CCCCCCCCCCCCCCCCC. The number of hydrogen-bond acceptors (Lipinski definition) is 17. The number of aliphatic hydroxyl groups is 1. The van der Waals surface area contributed by atoms with Crippen molar-refractivity contribution in [2.75, 3.05) is 57.6 Å². The van der Waals surface area contributed by atoms with Crippen LogP contribution in [0.2, 0.25) is 0 Å². The molecule has 0 aromatic rings. The summed E-state index contributed by atoms with van der Waals surface area (Å²) in [7, 11) is -6.54. The largest absolute Gasteiger partial charge is 0.862 e. The van der Waals surface area contributed by atoms with Gasteiger partial charge >= 0.3 is 27.6 Å². The van der Waals surface area contributed by atoms with E-state index < -0.39 is 71.6 Å². The van der Waals surface area contributed by atoms with Crippen molar-refractivity contribution >= 4 is 66.9 Å². The van der Waals surface area contributed by atoms with Crippen LogP contribution in [-0.4, -0.2) is 120 Å². The number of carbonyl (C=O) groups excluding carboxylic acids is 4. The fourth-order valence-corrected chi connectivity index (χ4v) is 16.1. The zero-order valence-electron chi connectivity index (χ0n) is 66.8. The lowest BCUT2D eigenvalue weighted by Crippen LogP contribution is -2.46. The molecule has 0 aliphatic carbocycles. The second-order valence-electron chi connectivity index (χ2n) is 29.2. The van der Waals surface area contributed by atoms with Gasteiger partial charge in [-0.05, 0) is 38.0 Å². The molecule has 3 unspecified atom stereocenters. The summed E-state index contributed by atoms with van der Waals surface area (Å²) in [6.45, 7) is 6.69. The number of phosphoric acid groups is 2. The Morgan fingerprint density at radius 2 is 0.731 bits per heavy atom. The molecule has 104 heavy (non-hydrogen) atoms. The highest BCUT2D eigenvalue weighted by Gasteiger charge is 2.29. The van der Waals surface area contributed by atoms with Crippen LogP contribution in [0.25, 0.3) is 0 Å². The molecule has 0 saturated carbocycles. The third-order valence-electron chi connectivity index (χ3n) is 19.2. The molecule has 19 nitrogen and oxygen atoms in total. The molecule has 23 heteroatoms. The van der Waals surface area contributed by atoms with E-state index in [1.807, 2.05) is 0 Å². The molecular formula is C81H158N3O16P2S2-. The van der Waals surface area contributed by atoms with Crippen molar-refractivity contribution in [3.8, 4) is 0 Å². The minimum absolute atomic E-state index is 0.0602. The van der Waals surface area contributed by atoms with E-state index in [0.717, 1.165) is 89.9 Å². The van der Waals surface area contributed by atoms with E-state index in [1.165, 1.54) is 266 Å². The lowest BCUT2D eigenvalue weighted by atomic mass is 10.0. The Morgan fingerprint density at radius 3 is 1.13 bits per heavy atom. The standard InChI is InChI=1S/C81H159N3O16P2S2/c1-5-9-13-17-21-25-29-32-34-37-41-45-49-53-57-61-80(89)95-71-74(100-81(90)62-58-54-50-46-42-38-35-33-30-26-22-18-14-10-6-2)72-98-101(91,92)96-67-65-82-77(86)63-69-103-104-70-64-78(87)83-66-68-97-102(93,94)99-73-75(84-79(88)60-56-52-48-44-39-28-24-20-16-12-8-4)76(85)59-55-51-47-43-40-36-31-27-23-19-15-11-7-3/h74-76,85H,5-73H2,1-4H3,(H,82,86)(H,83,87)(H,84,88)(H,91,92)(H,93,94)/p-1/t74?,75-,76+/m0/s1. The number of carbonyl (C=O) groups is 4. The fourth-order valence-electron chi connectivity index (χ4n) is 12.6. The van der Waals surface area contributed by atoms with Gasteiger partial charge in [0.15, 0.2) is 6.10 Å². The average Bonchev–Trinajstić information content (AvgIpc) is 0.914. The van der Waals surface area contributed by atoms with Crippen molar-refractivity contribution in [3.05, 3.63) is 0 Å². The number of ether oxygens (including phenoxy) is 2. The Kier molecular flexibility index (Phi) is 76.6. The predicted octanol–water partition coefficient (Wildman–Crippen LogP) is 22.3. The molecule has 0 heterocycles. The van der Waals surface area contributed by atoms with Gasteiger partial charge in [-0.1, -0.05) is 377 Å². The molecule has 0 fully saturated rings. The summed E-state index contributed by atoms with van der Waals surface area (Å²) in [4.78, 5) is 76.4. The van der Waals surface area contributed by atoms with Crippen LogP contribution in [0.1, 0.15) is 413 Å². The molecule has 0 aliphatic rings. The number of amides is 2. The van der Waals surface area contributed by atoms with Gasteiger partial charge in [-0.3, -0.25) is 37.3 Å². The molecule has 616 valence electrons. The summed E-state index contributed by atoms with van der Waals surface area (Å²) >= 11 is 0. The van der Waals surface area contributed by atoms with E-state index in [-0.39, 0.29) is 63.8 Å². The van der Waals surface area contributed by atoms with Gasteiger partial charge in [0.2, 0.25) is 11.8 Å².